The summed E-state index contributed by atoms with van der Waals surface area (Å²) >= 11 is 1.62. The van der Waals surface area contributed by atoms with Gasteiger partial charge < -0.3 is 10.2 Å². The number of aliphatic hydroxyl groups is 2. The van der Waals surface area contributed by atoms with Crippen LogP contribution >= 0.6 is 11.8 Å². The second-order valence-corrected chi connectivity index (χ2v) is 6.03. The van der Waals surface area contributed by atoms with Crippen molar-refractivity contribution in [2.45, 2.75) is 50.3 Å². The van der Waals surface area contributed by atoms with Crippen molar-refractivity contribution in [3.8, 4) is 6.07 Å². The Morgan fingerprint density at radius 2 is 2.29 bits per heavy atom. The molecule has 98 valence electrons. The van der Waals surface area contributed by atoms with E-state index in [1.807, 2.05) is 6.92 Å². The number of thioether (sulfide) groups is 1. The minimum Gasteiger partial charge on any atom is -0.394 e. The summed E-state index contributed by atoms with van der Waals surface area (Å²) in [5.74, 6) is 1.48. The third kappa shape index (κ3) is 6.27. The average molecular weight is 258 g/mol. The lowest BCUT2D eigenvalue weighted by atomic mass is 9.98. The Morgan fingerprint density at radius 1 is 1.59 bits per heavy atom. The van der Waals surface area contributed by atoms with E-state index in [1.54, 1.807) is 11.8 Å². The van der Waals surface area contributed by atoms with Crippen LogP contribution in [0.3, 0.4) is 0 Å². The van der Waals surface area contributed by atoms with Crippen molar-refractivity contribution in [1.29, 1.82) is 5.26 Å². The van der Waals surface area contributed by atoms with E-state index in [0.29, 0.717) is 11.8 Å². The zero-order valence-corrected chi connectivity index (χ0v) is 11.2. The standard InChI is InChI=1S/C12H22N2O2S/c1-12(9-13,14-10-3-4-10)5-2-6-17-8-11(16)7-15/h10-11,14-16H,2-8H2,1H3. The van der Waals surface area contributed by atoms with Crippen LogP contribution in [0.1, 0.15) is 32.6 Å². The molecule has 0 amide bonds. The van der Waals surface area contributed by atoms with Crippen molar-refractivity contribution in [2.24, 2.45) is 0 Å². The van der Waals surface area contributed by atoms with Crippen molar-refractivity contribution in [3.05, 3.63) is 0 Å². The Labute approximate surface area is 107 Å². The molecule has 2 unspecified atom stereocenters. The molecule has 0 aromatic rings. The van der Waals surface area contributed by atoms with E-state index in [4.69, 9.17) is 15.5 Å². The van der Waals surface area contributed by atoms with E-state index in [0.717, 1.165) is 18.6 Å². The van der Waals surface area contributed by atoms with Gasteiger partial charge in [0.2, 0.25) is 0 Å². The van der Waals surface area contributed by atoms with Crippen molar-refractivity contribution in [1.82, 2.24) is 5.32 Å². The summed E-state index contributed by atoms with van der Waals surface area (Å²) < 4.78 is 0. The maximum atomic E-state index is 9.15. The van der Waals surface area contributed by atoms with Crippen LogP contribution in [0.5, 0.6) is 0 Å². The molecule has 2 atom stereocenters. The van der Waals surface area contributed by atoms with Gasteiger partial charge in [-0.2, -0.15) is 17.0 Å². The summed E-state index contributed by atoms with van der Waals surface area (Å²) in [6.45, 7) is 1.78. The quantitative estimate of drug-likeness (QED) is 0.535. The van der Waals surface area contributed by atoms with Crippen LogP contribution in [-0.4, -0.2) is 46.0 Å². The molecule has 0 aliphatic heterocycles. The fraction of sp³-hybridized carbons (Fsp3) is 0.917. The minimum atomic E-state index is -0.619. The lowest BCUT2D eigenvalue weighted by Gasteiger charge is -2.23. The van der Waals surface area contributed by atoms with E-state index in [1.165, 1.54) is 12.8 Å². The lowest BCUT2D eigenvalue weighted by Crippen LogP contribution is -2.42. The molecule has 1 fully saturated rings. The van der Waals surface area contributed by atoms with E-state index >= 15 is 0 Å². The van der Waals surface area contributed by atoms with Gasteiger partial charge in [0.05, 0.1) is 18.8 Å². The highest BCUT2D eigenvalue weighted by molar-refractivity contribution is 7.99. The van der Waals surface area contributed by atoms with E-state index < -0.39 is 11.6 Å². The molecule has 0 radical (unpaired) electrons. The monoisotopic (exact) mass is 258 g/mol. The zero-order valence-electron chi connectivity index (χ0n) is 10.4. The van der Waals surface area contributed by atoms with Crippen LogP contribution in [0.2, 0.25) is 0 Å². The molecule has 17 heavy (non-hydrogen) atoms. The van der Waals surface area contributed by atoms with Crippen LogP contribution < -0.4 is 5.32 Å². The topological polar surface area (TPSA) is 76.3 Å². The molecule has 0 aromatic heterocycles. The lowest BCUT2D eigenvalue weighted by molar-refractivity contribution is 0.113. The normalized spacial score (nSPS) is 20.6. The molecule has 0 spiro atoms. The highest BCUT2D eigenvalue weighted by Crippen LogP contribution is 2.24. The van der Waals surface area contributed by atoms with Gasteiger partial charge in [-0.05, 0) is 38.4 Å². The molecule has 0 aromatic carbocycles. The largest absolute Gasteiger partial charge is 0.394 e. The molecule has 4 nitrogen and oxygen atoms in total. The summed E-state index contributed by atoms with van der Waals surface area (Å²) in [7, 11) is 0. The Balaban J connectivity index is 2.09. The Kier molecular flexibility index (Phi) is 6.28. The molecule has 0 saturated heterocycles. The first-order valence-electron chi connectivity index (χ1n) is 6.15. The Morgan fingerprint density at radius 3 is 2.82 bits per heavy atom. The molecule has 1 rings (SSSR count). The van der Waals surface area contributed by atoms with Gasteiger partial charge in [-0.25, -0.2) is 0 Å². The molecular weight excluding hydrogens is 236 g/mol. The van der Waals surface area contributed by atoms with Crippen LogP contribution in [0.25, 0.3) is 0 Å². The minimum absolute atomic E-state index is 0.174. The van der Waals surface area contributed by atoms with Gasteiger partial charge in [0, 0.05) is 11.8 Å². The third-order valence-corrected chi connectivity index (χ3v) is 4.03. The van der Waals surface area contributed by atoms with Crippen LogP contribution in [-0.2, 0) is 0 Å². The number of hydrogen-bond acceptors (Lipinski definition) is 5. The van der Waals surface area contributed by atoms with Gasteiger partial charge in [-0.1, -0.05) is 0 Å². The summed E-state index contributed by atoms with van der Waals surface area (Å²) in [4.78, 5) is 0. The van der Waals surface area contributed by atoms with Crippen LogP contribution in [0.4, 0.5) is 0 Å². The SMILES string of the molecule is CC(C#N)(CCCSCC(O)CO)NC1CC1. The van der Waals surface area contributed by atoms with Crippen molar-refractivity contribution >= 4 is 11.8 Å². The summed E-state index contributed by atoms with van der Waals surface area (Å²) in [5, 5.41) is 30.3. The Bertz CT molecular complexity index is 266. The van der Waals surface area contributed by atoms with E-state index in [9.17, 15) is 0 Å². The highest BCUT2D eigenvalue weighted by Gasteiger charge is 2.31. The van der Waals surface area contributed by atoms with Gasteiger partial charge in [0.25, 0.3) is 0 Å². The number of hydrogen-bond donors (Lipinski definition) is 3. The second-order valence-electron chi connectivity index (χ2n) is 4.88. The Hall–Kier alpha value is -0.280. The fourth-order valence-electron chi connectivity index (χ4n) is 1.64. The maximum absolute atomic E-state index is 9.15. The second kappa shape index (κ2) is 7.22. The van der Waals surface area contributed by atoms with Crippen LogP contribution in [0.15, 0.2) is 0 Å². The molecule has 0 bridgehead atoms. The molecule has 3 N–H and O–H groups in total. The van der Waals surface area contributed by atoms with Gasteiger partial charge >= 0.3 is 0 Å². The maximum Gasteiger partial charge on any atom is 0.104 e. The van der Waals surface area contributed by atoms with Gasteiger partial charge in [-0.3, -0.25) is 5.32 Å². The van der Waals surface area contributed by atoms with Crippen molar-refractivity contribution in [2.75, 3.05) is 18.1 Å². The number of aliphatic hydroxyl groups excluding tert-OH is 2. The summed E-state index contributed by atoms with van der Waals surface area (Å²) in [6, 6.07) is 2.90. The predicted octanol–water partition coefficient (Wildman–Crippen LogP) is 0.887. The van der Waals surface area contributed by atoms with Gasteiger partial charge in [-0.15, -0.1) is 0 Å². The zero-order chi connectivity index (χ0) is 12.7. The molecule has 1 aliphatic rings. The molecule has 1 aliphatic carbocycles. The van der Waals surface area contributed by atoms with Crippen molar-refractivity contribution in [3.63, 3.8) is 0 Å². The van der Waals surface area contributed by atoms with Gasteiger partial charge in [0.1, 0.15) is 5.54 Å². The number of rotatable bonds is 9. The molecular formula is C12H22N2O2S. The third-order valence-electron chi connectivity index (χ3n) is 2.83. The summed E-state index contributed by atoms with van der Waals surface area (Å²) in [5.41, 5.74) is -0.405. The summed E-state index contributed by atoms with van der Waals surface area (Å²) in [6.07, 6.45) is 3.55. The highest BCUT2D eigenvalue weighted by atomic mass is 32.2. The predicted molar refractivity (Wildman–Crippen MR) is 69.8 cm³/mol. The number of nitriles is 1. The molecule has 0 heterocycles. The molecule has 1 saturated carbocycles. The number of nitrogens with zero attached hydrogens (tertiary/aromatic N) is 1. The fourth-order valence-corrected chi connectivity index (χ4v) is 2.53. The molecule has 5 heteroatoms. The van der Waals surface area contributed by atoms with E-state index in [-0.39, 0.29) is 6.61 Å². The smallest absolute Gasteiger partial charge is 0.104 e. The van der Waals surface area contributed by atoms with Crippen molar-refractivity contribution < 1.29 is 10.2 Å². The first-order valence-corrected chi connectivity index (χ1v) is 7.31. The first-order chi connectivity index (χ1) is 8.09. The van der Waals surface area contributed by atoms with Crippen LogP contribution in [0, 0.1) is 11.3 Å². The van der Waals surface area contributed by atoms with Gasteiger partial charge in [0.15, 0.2) is 0 Å². The number of nitrogens with one attached hydrogen (secondary N) is 1. The first kappa shape index (κ1) is 14.8. The average Bonchev–Trinajstić information content (AvgIpc) is 3.12. The van der Waals surface area contributed by atoms with E-state index in [2.05, 4.69) is 11.4 Å².